The van der Waals surface area contributed by atoms with E-state index in [1.807, 2.05) is 6.07 Å². The van der Waals surface area contributed by atoms with Crippen LogP contribution in [-0.2, 0) is 0 Å². The summed E-state index contributed by atoms with van der Waals surface area (Å²) in [6.45, 7) is 0. The van der Waals surface area contributed by atoms with Crippen molar-refractivity contribution in [3.63, 3.8) is 0 Å². The lowest BCUT2D eigenvalue weighted by molar-refractivity contribution is 0.0882. The molecule has 0 atom stereocenters. The Kier molecular flexibility index (Phi) is 3.77. The monoisotopic (exact) mass is 289 g/mol. The van der Waals surface area contributed by atoms with E-state index < -0.39 is 4.75 Å². The van der Waals surface area contributed by atoms with Crippen molar-refractivity contribution in [2.45, 2.75) is 61.0 Å². The molecule has 0 aromatic heterocycles. The van der Waals surface area contributed by atoms with Gasteiger partial charge in [0.15, 0.2) is 0 Å². The summed E-state index contributed by atoms with van der Waals surface area (Å²) in [5.41, 5.74) is 0.379. The number of hydrogen-bond donors (Lipinski definition) is 0. The summed E-state index contributed by atoms with van der Waals surface area (Å²) in [6.07, 6.45) is 9.66. The van der Waals surface area contributed by atoms with Crippen molar-refractivity contribution in [2.24, 2.45) is 5.41 Å². The quantitative estimate of drug-likeness (QED) is 0.736. The molecule has 1 aromatic carbocycles. The Morgan fingerprint density at radius 2 is 1.70 bits per heavy atom. The standard InChI is InChI=1S/C17H20FNS/c18-14-7-3-4-8-15(14)20-17(13-19)11-16(12-17)9-5-1-2-6-10-16/h3-4,7-8H,1-2,5-6,9-12H2. The number of hydrogen-bond acceptors (Lipinski definition) is 2. The summed E-state index contributed by atoms with van der Waals surface area (Å²) in [5.74, 6) is -0.200. The molecule has 1 spiro atoms. The van der Waals surface area contributed by atoms with Crippen molar-refractivity contribution in [1.82, 2.24) is 0 Å². The highest BCUT2D eigenvalue weighted by atomic mass is 32.2. The van der Waals surface area contributed by atoms with Crippen LogP contribution < -0.4 is 0 Å². The van der Waals surface area contributed by atoms with Gasteiger partial charge in [0.1, 0.15) is 10.6 Å². The van der Waals surface area contributed by atoms with E-state index in [9.17, 15) is 9.65 Å². The third-order valence-electron chi connectivity index (χ3n) is 4.83. The third kappa shape index (κ3) is 2.59. The molecule has 0 unspecified atom stereocenters. The van der Waals surface area contributed by atoms with Gasteiger partial charge in [-0.1, -0.05) is 37.8 Å². The first kappa shape index (κ1) is 13.9. The van der Waals surface area contributed by atoms with Crippen LogP contribution in [0.5, 0.6) is 0 Å². The van der Waals surface area contributed by atoms with Crippen molar-refractivity contribution in [3.8, 4) is 6.07 Å². The molecule has 1 aromatic rings. The molecular formula is C17H20FNS. The topological polar surface area (TPSA) is 23.8 Å². The zero-order chi connectivity index (χ0) is 14.1. The highest BCUT2D eigenvalue weighted by molar-refractivity contribution is 8.01. The van der Waals surface area contributed by atoms with Gasteiger partial charge >= 0.3 is 0 Å². The predicted octanol–water partition coefficient (Wildman–Crippen LogP) is 5.31. The average Bonchev–Trinajstić information content (AvgIpc) is 2.66. The van der Waals surface area contributed by atoms with Crippen LogP contribution >= 0.6 is 11.8 Å². The van der Waals surface area contributed by atoms with E-state index in [4.69, 9.17) is 0 Å². The Morgan fingerprint density at radius 1 is 1.05 bits per heavy atom. The smallest absolute Gasteiger partial charge is 0.136 e. The van der Waals surface area contributed by atoms with Crippen LogP contribution in [0, 0.1) is 22.6 Å². The molecule has 3 rings (SSSR count). The Bertz CT molecular complexity index is 518. The maximum atomic E-state index is 13.8. The minimum Gasteiger partial charge on any atom is -0.206 e. The highest BCUT2D eigenvalue weighted by Crippen LogP contribution is 2.62. The van der Waals surface area contributed by atoms with Gasteiger partial charge in [-0.25, -0.2) is 4.39 Å². The number of benzene rings is 1. The van der Waals surface area contributed by atoms with Crippen LogP contribution in [0.25, 0.3) is 0 Å². The number of halogens is 1. The minimum absolute atomic E-state index is 0.200. The minimum atomic E-state index is -0.396. The Balaban J connectivity index is 1.73. The fraction of sp³-hybridized carbons (Fsp3) is 0.588. The molecule has 106 valence electrons. The van der Waals surface area contributed by atoms with Crippen molar-refractivity contribution in [3.05, 3.63) is 30.1 Å². The number of thioether (sulfide) groups is 1. The van der Waals surface area contributed by atoms with Crippen LogP contribution in [0.4, 0.5) is 4.39 Å². The third-order valence-corrected chi connectivity index (χ3v) is 6.15. The Hall–Kier alpha value is -1.01. The largest absolute Gasteiger partial charge is 0.206 e. The van der Waals surface area contributed by atoms with E-state index in [2.05, 4.69) is 6.07 Å². The normalized spacial score (nSPS) is 23.6. The van der Waals surface area contributed by atoms with Crippen molar-refractivity contribution < 1.29 is 4.39 Å². The zero-order valence-corrected chi connectivity index (χ0v) is 12.5. The molecule has 2 saturated carbocycles. The van der Waals surface area contributed by atoms with E-state index in [-0.39, 0.29) is 5.82 Å². The first-order valence-corrected chi connectivity index (χ1v) is 8.34. The molecule has 3 heteroatoms. The second-order valence-corrected chi connectivity index (χ2v) is 7.83. The number of nitriles is 1. The lowest BCUT2D eigenvalue weighted by Gasteiger charge is -2.52. The summed E-state index contributed by atoms with van der Waals surface area (Å²) in [6, 6.07) is 9.29. The van der Waals surface area contributed by atoms with Crippen LogP contribution in [0.2, 0.25) is 0 Å². The zero-order valence-electron chi connectivity index (χ0n) is 11.7. The highest BCUT2D eigenvalue weighted by Gasteiger charge is 2.55. The van der Waals surface area contributed by atoms with Crippen molar-refractivity contribution >= 4 is 11.8 Å². The van der Waals surface area contributed by atoms with E-state index in [1.165, 1.54) is 56.4 Å². The molecule has 1 nitrogen and oxygen atoms in total. The van der Waals surface area contributed by atoms with Crippen LogP contribution in [0.1, 0.15) is 51.4 Å². The van der Waals surface area contributed by atoms with E-state index >= 15 is 0 Å². The van der Waals surface area contributed by atoms with Gasteiger partial charge in [0.25, 0.3) is 0 Å². The van der Waals surface area contributed by atoms with Gasteiger partial charge in [0, 0.05) is 4.90 Å². The first-order valence-electron chi connectivity index (χ1n) is 7.52. The van der Waals surface area contributed by atoms with Gasteiger partial charge in [0.2, 0.25) is 0 Å². The maximum Gasteiger partial charge on any atom is 0.136 e. The fourth-order valence-corrected chi connectivity index (χ4v) is 5.44. The molecule has 0 aliphatic heterocycles. The molecule has 0 amide bonds. The Morgan fingerprint density at radius 3 is 2.30 bits per heavy atom. The summed E-state index contributed by atoms with van der Waals surface area (Å²) in [5, 5.41) is 9.58. The van der Waals surface area contributed by atoms with Gasteiger partial charge < -0.3 is 0 Å². The number of nitrogens with zero attached hydrogens (tertiary/aromatic N) is 1. The SMILES string of the molecule is N#CC1(Sc2ccccc2F)CC2(CCCCCC2)C1. The lowest BCUT2D eigenvalue weighted by Crippen LogP contribution is -2.48. The summed E-state index contributed by atoms with van der Waals surface area (Å²) in [7, 11) is 0. The lowest BCUT2D eigenvalue weighted by atomic mass is 9.58. The second kappa shape index (κ2) is 5.41. The molecule has 2 aliphatic carbocycles. The molecule has 0 radical (unpaired) electrons. The fourth-order valence-electron chi connectivity index (χ4n) is 3.90. The molecule has 0 N–H and O–H groups in total. The Labute approximate surface area is 124 Å². The van der Waals surface area contributed by atoms with Gasteiger partial charge in [0.05, 0.1) is 6.07 Å². The summed E-state index contributed by atoms with van der Waals surface area (Å²) < 4.78 is 13.4. The molecule has 2 fully saturated rings. The predicted molar refractivity (Wildman–Crippen MR) is 80.0 cm³/mol. The van der Waals surface area contributed by atoms with E-state index in [0.29, 0.717) is 10.3 Å². The second-order valence-electron chi connectivity index (χ2n) is 6.41. The molecule has 0 heterocycles. The number of rotatable bonds is 2. The maximum absolute atomic E-state index is 13.8. The van der Waals surface area contributed by atoms with Crippen molar-refractivity contribution in [2.75, 3.05) is 0 Å². The summed E-state index contributed by atoms with van der Waals surface area (Å²) in [4.78, 5) is 0.623. The van der Waals surface area contributed by atoms with Gasteiger partial charge in [-0.15, -0.1) is 11.8 Å². The van der Waals surface area contributed by atoms with Gasteiger partial charge in [-0.2, -0.15) is 5.26 Å². The molecule has 2 aliphatic rings. The van der Waals surface area contributed by atoms with Crippen LogP contribution in [-0.4, -0.2) is 4.75 Å². The average molecular weight is 289 g/mol. The van der Waals surface area contributed by atoms with Crippen molar-refractivity contribution in [1.29, 1.82) is 5.26 Å². The summed E-state index contributed by atoms with van der Waals surface area (Å²) >= 11 is 1.44. The molecular weight excluding hydrogens is 269 g/mol. The van der Waals surface area contributed by atoms with E-state index in [0.717, 1.165) is 12.8 Å². The van der Waals surface area contributed by atoms with Gasteiger partial charge in [-0.3, -0.25) is 0 Å². The van der Waals surface area contributed by atoms with Crippen LogP contribution in [0.3, 0.4) is 0 Å². The first-order chi connectivity index (χ1) is 9.67. The van der Waals surface area contributed by atoms with Crippen LogP contribution in [0.15, 0.2) is 29.2 Å². The van der Waals surface area contributed by atoms with E-state index in [1.54, 1.807) is 12.1 Å². The van der Waals surface area contributed by atoms with Gasteiger partial charge in [-0.05, 0) is 43.2 Å². The molecule has 20 heavy (non-hydrogen) atoms. The molecule has 0 saturated heterocycles. The molecule has 0 bridgehead atoms.